The van der Waals surface area contributed by atoms with Crippen molar-refractivity contribution in [3.05, 3.63) is 65.1 Å². The number of H-pyrrole nitrogens is 1. The molecular weight excluding hydrogens is 458 g/mol. The number of piperidine rings is 1. The third-order valence-corrected chi connectivity index (χ3v) is 7.69. The summed E-state index contributed by atoms with van der Waals surface area (Å²) in [6.45, 7) is 8.41. The molecule has 2 saturated heterocycles. The molecule has 5 rings (SSSR count). The lowest BCUT2D eigenvalue weighted by molar-refractivity contribution is 0.0610. The molecule has 0 bridgehead atoms. The molecule has 1 aromatic carbocycles. The Morgan fingerprint density at radius 2 is 1.91 bits per heavy atom. The van der Waals surface area contributed by atoms with E-state index in [1.165, 1.54) is 18.4 Å². The van der Waals surface area contributed by atoms with E-state index >= 15 is 0 Å². The van der Waals surface area contributed by atoms with E-state index in [0.717, 1.165) is 68.5 Å². The molecule has 2 fully saturated rings. The zero-order valence-corrected chi connectivity index (χ0v) is 21.0. The van der Waals surface area contributed by atoms with Crippen molar-refractivity contribution in [2.75, 3.05) is 37.6 Å². The summed E-state index contributed by atoms with van der Waals surface area (Å²) >= 11 is 6.67. The molecule has 0 aliphatic carbocycles. The molecule has 0 amide bonds. The predicted octanol–water partition coefficient (Wildman–Crippen LogP) is 4.56. The van der Waals surface area contributed by atoms with Crippen LogP contribution < -0.4 is 4.90 Å². The lowest BCUT2D eigenvalue weighted by Crippen LogP contribution is -2.58. The first-order valence-electron chi connectivity index (χ1n) is 12.5. The van der Waals surface area contributed by atoms with Crippen molar-refractivity contribution >= 4 is 17.4 Å². The Kier molecular flexibility index (Phi) is 7.33. The Morgan fingerprint density at radius 3 is 2.57 bits per heavy atom. The minimum atomic E-state index is 0.501. The van der Waals surface area contributed by atoms with Crippen molar-refractivity contribution < 1.29 is 0 Å². The van der Waals surface area contributed by atoms with Crippen molar-refractivity contribution in [2.24, 2.45) is 0 Å². The van der Waals surface area contributed by atoms with Gasteiger partial charge in [0, 0.05) is 62.4 Å². The van der Waals surface area contributed by atoms with E-state index < -0.39 is 0 Å². The van der Waals surface area contributed by atoms with Gasteiger partial charge in [0.1, 0.15) is 11.6 Å². The van der Waals surface area contributed by atoms with Gasteiger partial charge < -0.3 is 9.88 Å². The first-order chi connectivity index (χ1) is 17.1. The summed E-state index contributed by atoms with van der Waals surface area (Å²) < 4.78 is 0. The summed E-state index contributed by atoms with van der Waals surface area (Å²) in [5.41, 5.74) is 2.91. The quantitative estimate of drug-likeness (QED) is 0.547. The number of anilines is 1. The number of nitriles is 1. The van der Waals surface area contributed by atoms with Gasteiger partial charge in [0.2, 0.25) is 0 Å². The Morgan fingerprint density at radius 1 is 1.11 bits per heavy atom. The van der Waals surface area contributed by atoms with Gasteiger partial charge in [-0.3, -0.25) is 9.80 Å². The molecule has 1 N–H and O–H groups in total. The summed E-state index contributed by atoms with van der Waals surface area (Å²) in [7, 11) is 0. The second-order valence-electron chi connectivity index (χ2n) is 9.53. The van der Waals surface area contributed by atoms with Crippen LogP contribution in [0, 0.1) is 11.3 Å². The Balaban J connectivity index is 1.17. The van der Waals surface area contributed by atoms with Gasteiger partial charge in [0.25, 0.3) is 0 Å². The molecule has 7 nitrogen and oxygen atoms in total. The van der Waals surface area contributed by atoms with Crippen LogP contribution in [0.5, 0.6) is 0 Å². The highest BCUT2D eigenvalue weighted by Crippen LogP contribution is 2.31. The summed E-state index contributed by atoms with van der Waals surface area (Å²) in [6, 6.07) is 13.3. The van der Waals surface area contributed by atoms with E-state index in [1.54, 1.807) is 12.4 Å². The number of halogens is 1. The molecule has 2 aromatic heterocycles. The van der Waals surface area contributed by atoms with Crippen molar-refractivity contribution in [2.45, 2.75) is 44.8 Å². The molecule has 1 atom stereocenters. The normalized spacial score (nSPS) is 20.1. The molecular formula is C27H32ClN7. The van der Waals surface area contributed by atoms with Gasteiger partial charge in [-0.15, -0.1) is 0 Å². The molecule has 182 valence electrons. The fourth-order valence-electron chi connectivity index (χ4n) is 5.47. The number of nitrogens with one attached hydrogen (secondary N) is 1. The van der Waals surface area contributed by atoms with Crippen LogP contribution in [-0.2, 0) is 6.54 Å². The van der Waals surface area contributed by atoms with E-state index in [0.29, 0.717) is 17.1 Å². The highest BCUT2D eigenvalue weighted by atomic mass is 35.5. The van der Waals surface area contributed by atoms with E-state index in [9.17, 15) is 0 Å². The fraction of sp³-hybridized carbons (Fsp3) is 0.444. The molecule has 8 heteroatoms. The van der Waals surface area contributed by atoms with Gasteiger partial charge in [0.05, 0.1) is 16.7 Å². The van der Waals surface area contributed by atoms with Gasteiger partial charge in [0.15, 0.2) is 0 Å². The number of aromatic amines is 1. The third kappa shape index (κ3) is 5.35. The van der Waals surface area contributed by atoms with Crippen LogP contribution in [0.25, 0.3) is 11.4 Å². The molecule has 3 aromatic rings. The summed E-state index contributed by atoms with van der Waals surface area (Å²) in [4.78, 5) is 19.8. The Labute approximate surface area is 212 Å². The second kappa shape index (κ2) is 10.8. The number of likely N-dealkylation sites (tertiary alicyclic amines) is 1. The third-order valence-electron chi connectivity index (χ3n) is 7.41. The first-order valence-corrected chi connectivity index (χ1v) is 12.9. The number of benzene rings is 1. The molecule has 0 spiro atoms. The minimum Gasteiger partial charge on any atom is -0.353 e. The highest BCUT2D eigenvalue weighted by molar-refractivity contribution is 6.33. The minimum absolute atomic E-state index is 0.501. The number of pyridine rings is 1. The van der Waals surface area contributed by atoms with Gasteiger partial charge in [-0.1, -0.05) is 30.7 Å². The number of nitrogens with zero attached hydrogens (tertiary/aromatic N) is 6. The second-order valence-corrected chi connectivity index (χ2v) is 9.94. The maximum Gasteiger partial charge on any atom is 0.147 e. The molecule has 2 aliphatic heterocycles. The van der Waals surface area contributed by atoms with Crippen LogP contribution in [-0.4, -0.2) is 69.6 Å². The van der Waals surface area contributed by atoms with Crippen LogP contribution in [0.1, 0.15) is 37.3 Å². The molecule has 0 unspecified atom stereocenters. The lowest BCUT2D eigenvalue weighted by Gasteiger charge is -2.47. The number of piperazine rings is 1. The standard InChI is InChI=1S/C27H32ClN7/c1-2-23-19-34(27-25(28)15-22(17-32-27)26-30-9-10-31-26)13-14-35(23)24-7-11-33(12-8-24)18-21-5-3-20(16-29)4-6-21/h3-6,9-10,15,17,23-24H,2,7-8,11-14,18-19H2,1H3,(H,30,31)/t23-/m0/s1. The van der Waals surface area contributed by atoms with E-state index in [1.807, 2.05) is 24.4 Å². The van der Waals surface area contributed by atoms with Gasteiger partial charge in [-0.05, 0) is 56.1 Å². The summed E-state index contributed by atoms with van der Waals surface area (Å²) in [6.07, 6.45) is 8.91. The summed E-state index contributed by atoms with van der Waals surface area (Å²) in [5, 5.41) is 9.68. The number of aromatic nitrogens is 3. The van der Waals surface area contributed by atoms with Gasteiger partial charge >= 0.3 is 0 Å². The van der Waals surface area contributed by atoms with E-state index in [4.69, 9.17) is 21.8 Å². The van der Waals surface area contributed by atoms with Gasteiger partial charge in [-0.25, -0.2) is 9.97 Å². The summed E-state index contributed by atoms with van der Waals surface area (Å²) in [5.74, 6) is 1.66. The Hall–Kier alpha value is -2.92. The maximum atomic E-state index is 9.00. The smallest absolute Gasteiger partial charge is 0.147 e. The van der Waals surface area contributed by atoms with Crippen molar-refractivity contribution in [3.63, 3.8) is 0 Å². The zero-order valence-electron chi connectivity index (χ0n) is 20.2. The molecule has 35 heavy (non-hydrogen) atoms. The van der Waals surface area contributed by atoms with Gasteiger partial charge in [-0.2, -0.15) is 5.26 Å². The molecule has 0 saturated carbocycles. The van der Waals surface area contributed by atoms with Crippen LogP contribution in [0.4, 0.5) is 5.82 Å². The number of hydrogen-bond acceptors (Lipinski definition) is 6. The number of imidazole rings is 1. The van der Waals surface area contributed by atoms with Crippen molar-refractivity contribution in [1.82, 2.24) is 24.8 Å². The van der Waals surface area contributed by atoms with Crippen LogP contribution >= 0.6 is 11.6 Å². The maximum absolute atomic E-state index is 9.00. The molecule has 4 heterocycles. The van der Waals surface area contributed by atoms with E-state index in [-0.39, 0.29) is 0 Å². The average Bonchev–Trinajstić information content (AvgIpc) is 3.44. The number of hydrogen-bond donors (Lipinski definition) is 1. The zero-order chi connectivity index (χ0) is 24.2. The largest absolute Gasteiger partial charge is 0.353 e. The monoisotopic (exact) mass is 489 g/mol. The Bertz CT molecular complexity index is 1150. The lowest BCUT2D eigenvalue weighted by atomic mass is 9.97. The molecule has 0 radical (unpaired) electrons. The first kappa shape index (κ1) is 23.8. The molecule has 2 aliphatic rings. The van der Waals surface area contributed by atoms with E-state index in [2.05, 4.69) is 49.8 Å². The van der Waals surface area contributed by atoms with Crippen molar-refractivity contribution in [3.8, 4) is 17.5 Å². The van der Waals surface area contributed by atoms with Crippen LogP contribution in [0.15, 0.2) is 48.9 Å². The van der Waals surface area contributed by atoms with Crippen LogP contribution in [0.3, 0.4) is 0 Å². The topological polar surface area (TPSA) is 75.1 Å². The van der Waals surface area contributed by atoms with Crippen LogP contribution in [0.2, 0.25) is 5.02 Å². The fourth-order valence-corrected chi connectivity index (χ4v) is 5.76. The number of rotatable bonds is 6. The predicted molar refractivity (Wildman–Crippen MR) is 139 cm³/mol. The highest BCUT2D eigenvalue weighted by Gasteiger charge is 2.34. The SMILES string of the molecule is CC[C@H]1CN(c2ncc(-c3ncc[nH]3)cc2Cl)CCN1C1CCN(Cc2ccc(C#N)cc2)CC1. The average molecular weight is 490 g/mol. The van der Waals surface area contributed by atoms with Crippen molar-refractivity contribution in [1.29, 1.82) is 5.26 Å².